The molecule has 0 aromatic carbocycles. The lowest BCUT2D eigenvalue weighted by Crippen LogP contribution is -2.30. The smallest absolute Gasteiger partial charge is 0.462 e. The van der Waals surface area contributed by atoms with E-state index in [1.54, 1.807) is 0 Å². The van der Waals surface area contributed by atoms with Crippen LogP contribution in [0.3, 0.4) is 0 Å². The summed E-state index contributed by atoms with van der Waals surface area (Å²) in [5.74, 6) is -0.523. The summed E-state index contributed by atoms with van der Waals surface area (Å²) < 4.78 is 69.0. The Morgan fingerprint density at radius 3 is 0.704 bits per heavy atom. The van der Waals surface area contributed by atoms with Crippen LogP contribution in [0, 0.1) is 11.8 Å². The molecule has 19 heteroatoms. The zero-order chi connectivity index (χ0) is 79.2. The summed E-state index contributed by atoms with van der Waals surface area (Å²) in [6, 6.07) is 0. The molecular weight excluding hydrogens is 1400 g/mol. The van der Waals surface area contributed by atoms with E-state index in [1.165, 1.54) is 289 Å². The zero-order valence-electron chi connectivity index (χ0n) is 71.2. The number of esters is 4. The van der Waals surface area contributed by atoms with Gasteiger partial charge in [-0.05, 0) is 37.5 Å². The van der Waals surface area contributed by atoms with Gasteiger partial charge in [0, 0.05) is 25.7 Å². The van der Waals surface area contributed by atoms with Crippen LogP contribution in [-0.4, -0.2) is 96.7 Å². The van der Waals surface area contributed by atoms with Gasteiger partial charge >= 0.3 is 39.5 Å². The molecule has 0 aromatic rings. The molecule has 0 radical (unpaired) electrons. The Balaban J connectivity index is 5.22. The molecule has 642 valence electrons. The summed E-state index contributed by atoms with van der Waals surface area (Å²) >= 11 is 0. The standard InChI is InChI=1S/C89H174O17P2/c1-7-10-12-14-16-18-20-22-24-26-27-32-35-39-43-47-53-59-65-71-86(91)99-77-84(105-88(93)73-68-62-55-49-45-41-37-33-29-28-31-34-38-42-46-52-58-64-70-82(6)9-3)79-103-107(95,96)101-75-83(90)76-102-108(97,98)104-80-85(78-100-87(92)72-66-60-56-50-51-57-63-69-81(4)5)106-89(94)74-67-61-54-48-44-40-36-30-25-23-21-19-17-15-13-11-8-2/h81-85,90H,7-80H2,1-6H3,(H,95,96)(H,97,98)/t82?,83-,84-,85-/m1/s1. The van der Waals surface area contributed by atoms with Gasteiger partial charge in [-0.3, -0.25) is 37.3 Å². The molecule has 0 spiro atoms. The van der Waals surface area contributed by atoms with E-state index in [0.29, 0.717) is 31.6 Å². The van der Waals surface area contributed by atoms with Crippen molar-refractivity contribution in [3.8, 4) is 0 Å². The number of rotatable bonds is 88. The molecule has 0 aliphatic heterocycles. The van der Waals surface area contributed by atoms with Crippen LogP contribution in [0.1, 0.15) is 478 Å². The van der Waals surface area contributed by atoms with Crippen LogP contribution in [0.2, 0.25) is 0 Å². The monoisotopic (exact) mass is 1580 g/mol. The third kappa shape index (κ3) is 80.7. The first-order valence-electron chi connectivity index (χ1n) is 46.0. The maximum atomic E-state index is 13.2. The van der Waals surface area contributed by atoms with Crippen molar-refractivity contribution in [1.29, 1.82) is 0 Å². The number of phosphoric ester groups is 2. The summed E-state index contributed by atoms with van der Waals surface area (Å²) in [7, 11) is -9.93. The maximum absolute atomic E-state index is 13.2. The van der Waals surface area contributed by atoms with Gasteiger partial charge in [-0.15, -0.1) is 0 Å². The molecule has 0 saturated heterocycles. The van der Waals surface area contributed by atoms with Gasteiger partial charge in [-0.1, -0.05) is 427 Å². The highest BCUT2D eigenvalue weighted by Gasteiger charge is 2.31. The minimum absolute atomic E-state index is 0.108. The van der Waals surface area contributed by atoms with Crippen LogP contribution < -0.4 is 0 Å². The number of aliphatic hydroxyl groups excluding tert-OH is 1. The second kappa shape index (κ2) is 80.3. The van der Waals surface area contributed by atoms with Gasteiger partial charge in [0.25, 0.3) is 0 Å². The van der Waals surface area contributed by atoms with E-state index in [4.69, 9.17) is 37.0 Å². The van der Waals surface area contributed by atoms with E-state index in [9.17, 15) is 43.2 Å². The minimum Gasteiger partial charge on any atom is -0.462 e. The fourth-order valence-electron chi connectivity index (χ4n) is 13.9. The van der Waals surface area contributed by atoms with Crippen molar-refractivity contribution in [3.63, 3.8) is 0 Å². The van der Waals surface area contributed by atoms with Gasteiger partial charge < -0.3 is 33.8 Å². The van der Waals surface area contributed by atoms with Crippen molar-refractivity contribution in [1.82, 2.24) is 0 Å². The summed E-state index contributed by atoms with van der Waals surface area (Å²) in [4.78, 5) is 73.3. The van der Waals surface area contributed by atoms with Crippen LogP contribution in [-0.2, 0) is 65.4 Å². The first-order valence-corrected chi connectivity index (χ1v) is 49.0. The molecule has 0 aliphatic carbocycles. The molecule has 0 amide bonds. The predicted molar refractivity (Wildman–Crippen MR) is 446 cm³/mol. The second-order valence-corrected chi connectivity index (χ2v) is 35.6. The minimum atomic E-state index is -4.97. The molecule has 3 N–H and O–H groups in total. The lowest BCUT2D eigenvalue weighted by Gasteiger charge is -2.21. The van der Waals surface area contributed by atoms with Crippen molar-refractivity contribution in [2.75, 3.05) is 39.6 Å². The Bertz CT molecular complexity index is 2070. The summed E-state index contributed by atoms with van der Waals surface area (Å²) in [5.41, 5.74) is 0. The van der Waals surface area contributed by atoms with Crippen molar-refractivity contribution >= 4 is 39.5 Å². The number of ether oxygens (including phenoxy) is 4. The Morgan fingerprint density at radius 1 is 0.269 bits per heavy atom. The van der Waals surface area contributed by atoms with Crippen LogP contribution in [0.15, 0.2) is 0 Å². The van der Waals surface area contributed by atoms with Gasteiger partial charge in [-0.2, -0.15) is 0 Å². The van der Waals surface area contributed by atoms with E-state index >= 15 is 0 Å². The molecule has 0 aliphatic rings. The lowest BCUT2D eigenvalue weighted by molar-refractivity contribution is -0.161. The van der Waals surface area contributed by atoms with Crippen LogP contribution in [0.5, 0.6) is 0 Å². The number of carbonyl (C=O) groups excluding carboxylic acids is 4. The summed E-state index contributed by atoms with van der Waals surface area (Å²) in [6.45, 7) is 9.70. The van der Waals surface area contributed by atoms with E-state index < -0.39 is 97.5 Å². The summed E-state index contributed by atoms with van der Waals surface area (Å²) in [6.07, 6.45) is 73.7. The molecule has 0 rings (SSSR count). The fraction of sp³-hybridized carbons (Fsp3) is 0.955. The van der Waals surface area contributed by atoms with Gasteiger partial charge in [-0.25, -0.2) is 9.13 Å². The fourth-order valence-corrected chi connectivity index (χ4v) is 15.5. The molecule has 0 fully saturated rings. The molecule has 17 nitrogen and oxygen atoms in total. The number of hydrogen-bond donors (Lipinski definition) is 3. The van der Waals surface area contributed by atoms with E-state index in [1.807, 2.05) is 0 Å². The molecule has 0 aromatic heterocycles. The highest BCUT2D eigenvalue weighted by molar-refractivity contribution is 7.47. The predicted octanol–water partition coefficient (Wildman–Crippen LogP) is 27.4. The maximum Gasteiger partial charge on any atom is 0.472 e. The zero-order valence-corrected chi connectivity index (χ0v) is 73.0. The van der Waals surface area contributed by atoms with Crippen LogP contribution in [0.4, 0.5) is 0 Å². The third-order valence-electron chi connectivity index (χ3n) is 21.3. The molecular formula is C89H174O17P2. The third-order valence-corrected chi connectivity index (χ3v) is 23.2. The van der Waals surface area contributed by atoms with Crippen molar-refractivity contribution in [2.45, 2.75) is 496 Å². The van der Waals surface area contributed by atoms with Gasteiger partial charge in [0.1, 0.15) is 19.3 Å². The quantitative estimate of drug-likeness (QED) is 0.0222. The Labute approximate surface area is 664 Å². The molecule has 0 bridgehead atoms. The topological polar surface area (TPSA) is 237 Å². The van der Waals surface area contributed by atoms with Gasteiger partial charge in [0.2, 0.25) is 0 Å². The average Bonchev–Trinajstić information content (AvgIpc) is 0.901. The largest absolute Gasteiger partial charge is 0.472 e. The second-order valence-electron chi connectivity index (χ2n) is 32.7. The molecule has 0 heterocycles. The molecule has 108 heavy (non-hydrogen) atoms. The number of carbonyl (C=O) groups is 4. The Kier molecular flexibility index (Phi) is 78.8. The van der Waals surface area contributed by atoms with Gasteiger partial charge in [0.15, 0.2) is 12.2 Å². The first kappa shape index (κ1) is 106. The average molecular weight is 1580 g/mol. The van der Waals surface area contributed by atoms with Gasteiger partial charge in [0.05, 0.1) is 26.4 Å². The molecule has 0 saturated carbocycles. The van der Waals surface area contributed by atoms with Crippen LogP contribution >= 0.6 is 15.6 Å². The van der Waals surface area contributed by atoms with E-state index in [0.717, 1.165) is 102 Å². The number of hydrogen-bond acceptors (Lipinski definition) is 15. The number of phosphoric acid groups is 2. The van der Waals surface area contributed by atoms with Crippen molar-refractivity contribution in [3.05, 3.63) is 0 Å². The Hall–Kier alpha value is -1.94. The highest BCUT2D eigenvalue weighted by Crippen LogP contribution is 2.45. The first-order chi connectivity index (χ1) is 52.4. The highest BCUT2D eigenvalue weighted by atomic mass is 31.2. The number of unbranched alkanes of at least 4 members (excludes halogenated alkanes) is 57. The SMILES string of the molecule is CCCCCCCCCCCCCCCCCCCCCC(=O)OC[C@H](COP(=O)(O)OC[C@@H](O)COP(=O)(O)OC[C@@H](COC(=O)CCCCCCCCCC(C)C)OC(=O)CCCCCCCCCCCCCCCCCCC)OC(=O)CCCCCCCCCCCCCCCCCCCCC(C)CC. The van der Waals surface area contributed by atoms with E-state index in [-0.39, 0.29) is 25.7 Å². The number of aliphatic hydroxyl groups is 1. The van der Waals surface area contributed by atoms with Crippen molar-refractivity contribution < 1.29 is 80.2 Å². The molecule has 6 atom stereocenters. The lowest BCUT2D eigenvalue weighted by atomic mass is 9.99. The van der Waals surface area contributed by atoms with E-state index in [2.05, 4.69) is 41.5 Å². The van der Waals surface area contributed by atoms with Crippen LogP contribution in [0.25, 0.3) is 0 Å². The Morgan fingerprint density at radius 2 is 0.472 bits per heavy atom. The molecule has 3 unspecified atom stereocenters. The normalized spacial score (nSPS) is 14.0. The summed E-state index contributed by atoms with van der Waals surface area (Å²) in [5, 5.41) is 10.7. The van der Waals surface area contributed by atoms with Crippen molar-refractivity contribution in [2.24, 2.45) is 11.8 Å².